The molecule has 0 spiro atoms. The first kappa shape index (κ1) is 25.8. The average molecular weight is 528 g/mol. The monoisotopic (exact) mass is 527 g/mol. The number of nitrogens with zero attached hydrogens (tertiary/aromatic N) is 1. The molecule has 1 aromatic heterocycles. The van der Waals surface area contributed by atoms with Crippen molar-refractivity contribution in [2.75, 3.05) is 19.1 Å². The van der Waals surface area contributed by atoms with Crippen LogP contribution in [0.5, 0.6) is 5.75 Å². The van der Waals surface area contributed by atoms with E-state index < -0.39 is 6.04 Å². The summed E-state index contributed by atoms with van der Waals surface area (Å²) >= 11 is 0. The molecule has 1 aliphatic rings. The van der Waals surface area contributed by atoms with E-state index in [2.05, 4.69) is 46.9 Å². The van der Waals surface area contributed by atoms with Crippen LogP contribution in [0.3, 0.4) is 0 Å². The van der Waals surface area contributed by atoms with Crippen molar-refractivity contribution in [2.45, 2.75) is 37.3 Å². The van der Waals surface area contributed by atoms with Gasteiger partial charge >= 0.3 is 0 Å². The molecule has 3 aromatic carbocycles. The lowest BCUT2D eigenvalue weighted by Crippen LogP contribution is -2.49. The molecule has 7 heteroatoms. The highest BCUT2D eigenvalue weighted by atomic mass is 32.2. The highest BCUT2D eigenvalue weighted by Gasteiger charge is 2.27. The summed E-state index contributed by atoms with van der Waals surface area (Å²) in [5.74, 6) is 2.17. The van der Waals surface area contributed by atoms with Crippen LogP contribution in [-0.2, 0) is 33.9 Å². The van der Waals surface area contributed by atoms with Crippen LogP contribution in [0, 0.1) is 0 Å². The van der Waals surface area contributed by atoms with Gasteiger partial charge in [-0.15, -0.1) is 0 Å². The standard InChI is InChI=1S/C31H33N3O3S/c1-4-38-19-22-9-7-8-21(16-22)17-28(31(36)34(2)23-12-14-24(37-3)15-13-23)33-30(35)18-26-25-10-5-6-11-27(25)32-29(26)20-38/h4-16,28,32H,17-20H2,1-3H3,(H,33,35). The molecule has 1 aliphatic heterocycles. The van der Waals surface area contributed by atoms with E-state index in [1.807, 2.05) is 48.5 Å². The molecule has 0 saturated heterocycles. The summed E-state index contributed by atoms with van der Waals surface area (Å²) in [4.78, 5) is 32.4. The van der Waals surface area contributed by atoms with Crippen LogP contribution >= 0.6 is 10.5 Å². The number of carbonyl (C=O) groups excluding carboxylic acids is 2. The largest absolute Gasteiger partial charge is 0.497 e. The van der Waals surface area contributed by atoms with E-state index in [-0.39, 0.29) is 28.7 Å². The quantitative estimate of drug-likeness (QED) is 0.359. The molecule has 2 amide bonds. The van der Waals surface area contributed by atoms with Crippen molar-refractivity contribution in [1.29, 1.82) is 0 Å². The number of fused-ring (bicyclic) bond motifs is 5. The van der Waals surface area contributed by atoms with Gasteiger partial charge in [-0.05, 0) is 53.9 Å². The zero-order chi connectivity index (χ0) is 26.6. The number of aromatic amines is 1. The number of aromatic nitrogens is 1. The Morgan fingerprint density at radius 2 is 1.79 bits per heavy atom. The summed E-state index contributed by atoms with van der Waals surface area (Å²) in [7, 11) is 3.36. The summed E-state index contributed by atoms with van der Waals surface area (Å²) in [6, 6.07) is 23.2. The number of rotatable bonds is 3. The number of hydrogen-bond donors (Lipinski definition) is 2. The van der Waals surface area contributed by atoms with Crippen LogP contribution in [0.2, 0.25) is 0 Å². The Hall–Kier alpha value is -3.84. The second kappa shape index (κ2) is 11.3. The number of methoxy groups -OCH3 is 1. The van der Waals surface area contributed by atoms with Crippen LogP contribution in [0.4, 0.5) is 5.69 Å². The summed E-state index contributed by atoms with van der Waals surface area (Å²) in [5.41, 5.74) is 6.15. The van der Waals surface area contributed by atoms with Crippen molar-refractivity contribution in [1.82, 2.24) is 10.3 Å². The SMILES string of the molecule is CC=S1Cc2cccc(c2)CC(C(=O)N(C)c2ccc(OC)cc2)NC(=O)Cc2c([nH]c3ccccc23)C1. The van der Waals surface area contributed by atoms with E-state index in [9.17, 15) is 9.59 Å². The smallest absolute Gasteiger partial charge is 0.249 e. The Labute approximate surface area is 225 Å². The van der Waals surface area contributed by atoms with E-state index in [0.29, 0.717) is 6.42 Å². The number of hydrogen-bond acceptors (Lipinski definition) is 3. The fraction of sp³-hybridized carbons (Fsp3) is 0.258. The van der Waals surface area contributed by atoms with Crippen molar-refractivity contribution in [3.63, 3.8) is 0 Å². The van der Waals surface area contributed by atoms with Crippen molar-refractivity contribution < 1.29 is 14.3 Å². The number of likely N-dealkylation sites (N-methyl/N-ethyl adjacent to an activating group) is 1. The van der Waals surface area contributed by atoms with Gasteiger partial charge in [-0.25, -0.2) is 0 Å². The van der Waals surface area contributed by atoms with Crippen LogP contribution < -0.4 is 15.0 Å². The lowest BCUT2D eigenvalue weighted by Gasteiger charge is -2.25. The van der Waals surface area contributed by atoms with Crippen molar-refractivity contribution in [2.24, 2.45) is 0 Å². The molecule has 2 atom stereocenters. The minimum atomic E-state index is -0.699. The van der Waals surface area contributed by atoms with Crippen LogP contribution in [0.25, 0.3) is 10.9 Å². The molecule has 0 fully saturated rings. The van der Waals surface area contributed by atoms with Crippen molar-refractivity contribution in [3.05, 3.63) is 95.2 Å². The van der Waals surface area contributed by atoms with E-state index in [4.69, 9.17) is 4.74 Å². The van der Waals surface area contributed by atoms with Gasteiger partial charge in [-0.1, -0.05) is 47.8 Å². The number of carbonyl (C=O) groups is 2. The van der Waals surface area contributed by atoms with Gasteiger partial charge in [0, 0.05) is 47.3 Å². The van der Waals surface area contributed by atoms with Crippen LogP contribution in [-0.4, -0.2) is 42.4 Å². The maximum atomic E-state index is 13.8. The lowest BCUT2D eigenvalue weighted by molar-refractivity contribution is -0.127. The number of nitrogens with one attached hydrogen (secondary N) is 2. The van der Waals surface area contributed by atoms with Gasteiger partial charge in [-0.3, -0.25) is 9.59 Å². The Morgan fingerprint density at radius 3 is 2.55 bits per heavy atom. The Kier molecular flexibility index (Phi) is 7.65. The zero-order valence-electron chi connectivity index (χ0n) is 22.0. The van der Waals surface area contributed by atoms with Crippen LogP contribution in [0.15, 0.2) is 72.8 Å². The second-order valence-corrected chi connectivity index (χ2v) is 11.7. The molecule has 196 valence electrons. The van der Waals surface area contributed by atoms with Gasteiger partial charge in [0.25, 0.3) is 0 Å². The van der Waals surface area contributed by atoms with E-state index in [0.717, 1.165) is 50.7 Å². The first-order chi connectivity index (χ1) is 18.4. The molecule has 0 saturated carbocycles. The molecule has 4 aromatic rings. The summed E-state index contributed by atoms with van der Waals surface area (Å²) < 4.78 is 5.26. The molecule has 2 bridgehead atoms. The highest BCUT2D eigenvalue weighted by molar-refractivity contribution is 8.13. The van der Waals surface area contributed by atoms with Gasteiger partial charge < -0.3 is 19.9 Å². The van der Waals surface area contributed by atoms with Gasteiger partial charge in [-0.2, -0.15) is 10.5 Å². The molecular weight excluding hydrogens is 494 g/mol. The predicted molar refractivity (Wildman–Crippen MR) is 157 cm³/mol. The third kappa shape index (κ3) is 5.53. The van der Waals surface area contributed by atoms with Crippen molar-refractivity contribution in [3.8, 4) is 5.75 Å². The fourth-order valence-electron chi connectivity index (χ4n) is 5.05. The van der Waals surface area contributed by atoms with Gasteiger partial charge in [0.05, 0.1) is 13.5 Å². The normalized spacial score (nSPS) is 18.0. The minimum absolute atomic E-state index is 0.00106. The van der Waals surface area contributed by atoms with Gasteiger partial charge in [0.15, 0.2) is 0 Å². The highest BCUT2D eigenvalue weighted by Crippen LogP contribution is 2.31. The first-order valence-electron chi connectivity index (χ1n) is 12.8. The Morgan fingerprint density at radius 1 is 1.03 bits per heavy atom. The molecule has 38 heavy (non-hydrogen) atoms. The maximum Gasteiger partial charge on any atom is 0.249 e. The number of H-pyrrole nitrogens is 1. The Bertz CT molecular complexity index is 1510. The van der Waals surface area contributed by atoms with Gasteiger partial charge in [0.1, 0.15) is 11.8 Å². The first-order valence-corrected chi connectivity index (χ1v) is 14.4. The number of ether oxygens (including phenoxy) is 1. The zero-order valence-corrected chi connectivity index (χ0v) is 22.8. The molecule has 6 nitrogen and oxygen atoms in total. The van der Waals surface area contributed by atoms with Crippen LogP contribution in [0.1, 0.15) is 29.3 Å². The van der Waals surface area contributed by atoms with E-state index in [1.54, 1.807) is 19.1 Å². The maximum absolute atomic E-state index is 13.8. The number of benzene rings is 3. The molecule has 2 N–H and O–H groups in total. The number of para-hydroxylation sites is 1. The van der Waals surface area contributed by atoms with Gasteiger partial charge in [0.2, 0.25) is 11.8 Å². The molecule has 0 aliphatic carbocycles. The average Bonchev–Trinajstić information content (AvgIpc) is 3.27. The second-order valence-electron chi connectivity index (χ2n) is 9.61. The lowest BCUT2D eigenvalue weighted by atomic mass is 10.0. The summed E-state index contributed by atoms with van der Waals surface area (Å²) in [6.45, 7) is 2.11. The number of amides is 2. The molecular formula is C31H33N3O3S. The minimum Gasteiger partial charge on any atom is -0.497 e. The Balaban J connectivity index is 1.52. The predicted octanol–water partition coefficient (Wildman–Crippen LogP) is 5.21. The summed E-state index contributed by atoms with van der Waals surface area (Å²) in [5, 5.41) is 6.42. The third-order valence-electron chi connectivity index (χ3n) is 7.11. The van der Waals surface area contributed by atoms with E-state index in [1.165, 1.54) is 5.56 Å². The van der Waals surface area contributed by atoms with Crippen molar-refractivity contribution >= 4 is 44.3 Å². The van der Waals surface area contributed by atoms with E-state index >= 15 is 0 Å². The number of anilines is 1. The third-order valence-corrected chi connectivity index (χ3v) is 9.14. The molecule has 0 radical (unpaired) electrons. The fourth-order valence-corrected chi connectivity index (χ4v) is 6.71. The molecule has 2 heterocycles. The molecule has 5 rings (SSSR count). The molecule has 2 unspecified atom stereocenters. The topological polar surface area (TPSA) is 74.4 Å². The summed E-state index contributed by atoms with van der Waals surface area (Å²) in [6.07, 6.45) is 0.636.